The summed E-state index contributed by atoms with van der Waals surface area (Å²) in [7, 11) is 0. The number of allylic oxidation sites excluding steroid dienone is 1. The molecule has 0 amide bonds. The van der Waals surface area contributed by atoms with Crippen LogP contribution in [0.5, 0.6) is 0 Å². The van der Waals surface area contributed by atoms with Crippen LogP contribution in [0.1, 0.15) is 53.4 Å². The predicted octanol–water partition coefficient (Wildman–Crippen LogP) is 4.91. The van der Waals surface area contributed by atoms with E-state index < -0.39 is 0 Å². The lowest BCUT2D eigenvalue weighted by Crippen LogP contribution is -2.14. The lowest BCUT2D eigenvalue weighted by molar-refractivity contribution is 0.278. The van der Waals surface area contributed by atoms with Crippen LogP contribution in [0.4, 0.5) is 0 Å². The van der Waals surface area contributed by atoms with Crippen LogP contribution in [0.25, 0.3) is 0 Å². The zero-order valence-corrected chi connectivity index (χ0v) is 11.0. The fourth-order valence-corrected chi connectivity index (χ4v) is 3.62. The highest BCUT2D eigenvalue weighted by atomic mass is 14.4. The van der Waals surface area contributed by atoms with E-state index >= 15 is 0 Å². The zero-order valence-electron chi connectivity index (χ0n) is 11.0. The molecule has 1 aliphatic rings. The SMILES string of the molecule is C=CC(C)CC1CC(CC)C(CC)C1C. The normalized spacial score (nSPS) is 37.9. The molecule has 5 atom stereocenters. The van der Waals surface area contributed by atoms with Crippen molar-refractivity contribution in [1.29, 1.82) is 0 Å². The Hall–Kier alpha value is -0.260. The monoisotopic (exact) mass is 208 g/mol. The van der Waals surface area contributed by atoms with Crippen LogP contribution in [0.3, 0.4) is 0 Å². The van der Waals surface area contributed by atoms with Crippen molar-refractivity contribution < 1.29 is 0 Å². The van der Waals surface area contributed by atoms with Gasteiger partial charge in [-0.15, -0.1) is 6.58 Å². The molecule has 0 radical (unpaired) electrons. The standard InChI is InChI=1S/C15H28/c1-6-11(4)9-14-10-13(7-2)15(8-3)12(14)5/h6,11-15H,1,7-10H2,2-5H3. The van der Waals surface area contributed by atoms with Crippen molar-refractivity contribution in [2.45, 2.75) is 53.4 Å². The van der Waals surface area contributed by atoms with Crippen LogP contribution >= 0.6 is 0 Å². The second-order valence-electron chi connectivity index (χ2n) is 5.54. The lowest BCUT2D eigenvalue weighted by Gasteiger charge is -2.22. The molecule has 88 valence electrons. The highest BCUT2D eigenvalue weighted by Gasteiger charge is 2.38. The quantitative estimate of drug-likeness (QED) is 0.563. The van der Waals surface area contributed by atoms with E-state index in [4.69, 9.17) is 0 Å². The van der Waals surface area contributed by atoms with Crippen LogP contribution in [-0.4, -0.2) is 0 Å². The molecule has 1 saturated carbocycles. The summed E-state index contributed by atoms with van der Waals surface area (Å²) >= 11 is 0. The molecule has 0 spiro atoms. The molecule has 0 aliphatic heterocycles. The topological polar surface area (TPSA) is 0 Å². The highest BCUT2D eigenvalue weighted by molar-refractivity contribution is 4.90. The molecule has 0 heteroatoms. The average Bonchev–Trinajstić information content (AvgIpc) is 2.55. The fraction of sp³-hybridized carbons (Fsp3) is 0.867. The van der Waals surface area contributed by atoms with Gasteiger partial charge in [-0.3, -0.25) is 0 Å². The molecular weight excluding hydrogens is 180 g/mol. The molecule has 0 aromatic carbocycles. The van der Waals surface area contributed by atoms with Crippen LogP contribution in [0.15, 0.2) is 12.7 Å². The Morgan fingerprint density at radius 2 is 1.93 bits per heavy atom. The summed E-state index contributed by atoms with van der Waals surface area (Å²) in [6, 6.07) is 0. The van der Waals surface area contributed by atoms with Gasteiger partial charge in [-0.05, 0) is 42.4 Å². The molecular formula is C15H28. The van der Waals surface area contributed by atoms with Crippen molar-refractivity contribution in [1.82, 2.24) is 0 Å². The first-order chi connectivity index (χ1) is 7.13. The Labute approximate surface area is 96.2 Å². The van der Waals surface area contributed by atoms with E-state index in [9.17, 15) is 0 Å². The Morgan fingerprint density at radius 1 is 1.27 bits per heavy atom. The molecule has 0 bridgehead atoms. The highest BCUT2D eigenvalue weighted by Crippen LogP contribution is 2.46. The third-order valence-electron chi connectivity index (χ3n) is 4.70. The van der Waals surface area contributed by atoms with E-state index in [2.05, 4.69) is 40.3 Å². The van der Waals surface area contributed by atoms with Gasteiger partial charge in [-0.2, -0.15) is 0 Å². The van der Waals surface area contributed by atoms with Gasteiger partial charge < -0.3 is 0 Å². The van der Waals surface area contributed by atoms with Crippen LogP contribution in [0.2, 0.25) is 0 Å². The van der Waals surface area contributed by atoms with Crippen molar-refractivity contribution in [3.05, 3.63) is 12.7 Å². The van der Waals surface area contributed by atoms with Gasteiger partial charge in [0.05, 0.1) is 0 Å². The molecule has 1 aliphatic carbocycles. The molecule has 5 unspecified atom stereocenters. The van der Waals surface area contributed by atoms with E-state index in [1.807, 2.05) is 0 Å². The molecule has 0 aromatic heterocycles. The van der Waals surface area contributed by atoms with Crippen molar-refractivity contribution in [3.63, 3.8) is 0 Å². The molecule has 0 saturated heterocycles. The lowest BCUT2D eigenvalue weighted by atomic mass is 9.83. The summed E-state index contributed by atoms with van der Waals surface area (Å²) in [4.78, 5) is 0. The third-order valence-corrected chi connectivity index (χ3v) is 4.70. The first kappa shape index (κ1) is 12.8. The Morgan fingerprint density at radius 3 is 2.33 bits per heavy atom. The van der Waals surface area contributed by atoms with Gasteiger partial charge in [0.25, 0.3) is 0 Å². The van der Waals surface area contributed by atoms with Crippen molar-refractivity contribution in [2.24, 2.45) is 29.6 Å². The molecule has 1 rings (SSSR count). The summed E-state index contributed by atoms with van der Waals surface area (Å²) < 4.78 is 0. The maximum Gasteiger partial charge on any atom is -0.0262 e. The predicted molar refractivity (Wildman–Crippen MR) is 68.8 cm³/mol. The number of rotatable bonds is 5. The van der Waals surface area contributed by atoms with Gasteiger partial charge in [0.15, 0.2) is 0 Å². The van der Waals surface area contributed by atoms with Crippen LogP contribution < -0.4 is 0 Å². The zero-order chi connectivity index (χ0) is 11.4. The third kappa shape index (κ3) is 2.86. The van der Waals surface area contributed by atoms with E-state index in [0.29, 0.717) is 5.92 Å². The van der Waals surface area contributed by atoms with Gasteiger partial charge >= 0.3 is 0 Å². The van der Waals surface area contributed by atoms with Crippen LogP contribution in [0, 0.1) is 29.6 Å². The minimum atomic E-state index is 0.700. The second-order valence-corrected chi connectivity index (χ2v) is 5.54. The molecule has 1 fully saturated rings. The van der Waals surface area contributed by atoms with Gasteiger partial charge in [0.2, 0.25) is 0 Å². The Bertz CT molecular complexity index is 194. The maximum absolute atomic E-state index is 3.91. The summed E-state index contributed by atoms with van der Waals surface area (Å²) in [6.07, 6.45) is 7.69. The molecule has 0 nitrogen and oxygen atoms in total. The first-order valence-corrected chi connectivity index (χ1v) is 6.76. The van der Waals surface area contributed by atoms with Gasteiger partial charge in [0, 0.05) is 0 Å². The van der Waals surface area contributed by atoms with Crippen molar-refractivity contribution in [3.8, 4) is 0 Å². The largest absolute Gasteiger partial charge is 0.103 e. The first-order valence-electron chi connectivity index (χ1n) is 6.76. The van der Waals surface area contributed by atoms with Crippen LogP contribution in [-0.2, 0) is 0 Å². The molecule has 0 heterocycles. The minimum Gasteiger partial charge on any atom is -0.103 e. The van der Waals surface area contributed by atoms with Crippen molar-refractivity contribution in [2.75, 3.05) is 0 Å². The second kappa shape index (κ2) is 5.72. The van der Waals surface area contributed by atoms with E-state index in [0.717, 1.165) is 23.7 Å². The maximum atomic E-state index is 3.91. The average molecular weight is 208 g/mol. The summed E-state index contributed by atoms with van der Waals surface area (Å²) in [5.41, 5.74) is 0. The molecule has 0 N–H and O–H groups in total. The molecule has 0 aromatic rings. The molecule has 15 heavy (non-hydrogen) atoms. The van der Waals surface area contributed by atoms with E-state index in [1.54, 1.807) is 0 Å². The summed E-state index contributed by atoms with van der Waals surface area (Å²) in [6.45, 7) is 13.4. The number of hydrogen-bond donors (Lipinski definition) is 0. The van der Waals surface area contributed by atoms with Gasteiger partial charge in [0.1, 0.15) is 0 Å². The van der Waals surface area contributed by atoms with E-state index in [-0.39, 0.29) is 0 Å². The van der Waals surface area contributed by atoms with Crippen molar-refractivity contribution >= 4 is 0 Å². The van der Waals surface area contributed by atoms with Gasteiger partial charge in [-0.1, -0.05) is 46.6 Å². The fourth-order valence-electron chi connectivity index (χ4n) is 3.62. The van der Waals surface area contributed by atoms with Gasteiger partial charge in [-0.25, -0.2) is 0 Å². The smallest absolute Gasteiger partial charge is 0.0262 e. The Kier molecular flexibility index (Phi) is 4.89. The summed E-state index contributed by atoms with van der Waals surface area (Å²) in [5, 5.41) is 0. The summed E-state index contributed by atoms with van der Waals surface area (Å²) in [5.74, 6) is 4.56. The Balaban J connectivity index is 2.57. The minimum absolute atomic E-state index is 0.700. The van der Waals surface area contributed by atoms with E-state index in [1.165, 1.54) is 25.7 Å². The number of hydrogen-bond acceptors (Lipinski definition) is 0.